The van der Waals surface area contributed by atoms with Crippen LogP contribution in [-0.2, 0) is 0 Å². The van der Waals surface area contributed by atoms with Gasteiger partial charge in [-0.1, -0.05) is 0 Å². The smallest absolute Gasteiger partial charge is 0.407 e. The van der Waals surface area contributed by atoms with E-state index in [4.69, 9.17) is 10.2 Å². The number of amides is 1. The molecule has 1 aliphatic heterocycles. The summed E-state index contributed by atoms with van der Waals surface area (Å²) in [6, 6.07) is -0.363. The number of rotatable bonds is 1. The number of likely N-dealkylation sites (tertiary alicyclic amines) is 1. The minimum atomic E-state index is -1.08. The minimum Gasteiger partial charge on any atom is -0.465 e. The summed E-state index contributed by atoms with van der Waals surface area (Å²) >= 11 is 0. The van der Waals surface area contributed by atoms with Gasteiger partial charge in [0.05, 0.1) is 24.8 Å². The predicted molar refractivity (Wildman–Crippen MR) is 45.5 cm³/mol. The zero-order valence-corrected chi connectivity index (χ0v) is 7.60. The summed E-state index contributed by atoms with van der Waals surface area (Å²) in [7, 11) is 0. The molecular weight excluding hydrogens is 174 g/mol. The molecule has 0 bridgehead atoms. The van der Waals surface area contributed by atoms with Crippen molar-refractivity contribution in [2.75, 3.05) is 13.2 Å². The van der Waals surface area contributed by atoms with E-state index in [-0.39, 0.29) is 19.2 Å². The first-order valence-corrected chi connectivity index (χ1v) is 4.29. The number of carboxylic acid groups (broad SMARTS) is 1. The van der Waals surface area contributed by atoms with Crippen molar-refractivity contribution in [2.45, 2.75) is 31.4 Å². The highest BCUT2D eigenvalue weighted by Gasteiger charge is 2.36. The third-order valence-corrected chi connectivity index (χ3v) is 2.42. The van der Waals surface area contributed by atoms with Gasteiger partial charge >= 0.3 is 6.09 Å². The highest BCUT2D eigenvalue weighted by atomic mass is 16.4. The first-order valence-electron chi connectivity index (χ1n) is 4.29. The van der Waals surface area contributed by atoms with Gasteiger partial charge in [0.25, 0.3) is 0 Å². The molecular formula is C8H15NO4. The lowest BCUT2D eigenvalue weighted by Crippen LogP contribution is -2.54. The van der Waals surface area contributed by atoms with Crippen LogP contribution in [0.2, 0.25) is 0 Å². The Morgan fingerprint density at radius 2 is 2.31 bits per heavy atom. The lowest BCUT2D eigenvalue weighted by Gasteiger charge is -2.40. The lowest BCUT2D eigenvalue weighted by molar-refractivity contribution is -0.0405. The van der Waals surface area contributed by atoms with Gasteiger partial charge < -0.3 is 20.2 Å². The van der Waals surface area contributed by atoms with Crippen LogP contribution in [0.1, 0.15) is 19.8 Å². The standard InChI is InChI=1S/C8H15NO4/c1-8(13)3-2-6(4-10)9(5-8)7(11)12/h6,10,13H,2-5H2,1H3,(H,11,12)/t6-,8?/m0/s1. The van der Waals surface area contributed by atoms with Crippen molar-refractivity contribution in [1.82, 2.24) is 4.90 Å². The minimum absolute atomic E-state index is 0.0769. The van der Waals surface area contributed by atoms with Gasteiger partial charge in [-0.25, -0.2) is 4.79 Å². The van der Waals surface area contributed by atoms with Crippen molar-refractivity contribution >= 4 is 6.09 Å². The molecule has 2 atom stereocenters. The topological polar surface area (TPSA) is 81.0 Å². The van der Waals surface area contributed by atoms with E-state index in [0.717, 1.165) is 4.90 Å². The molecule has 0 spiro atoms. The summed E-state index contributed by atoms with van der Waals surface area (Å²) in [5, 5.41) is 27.3. The number of carbonyl (C=O) groups is 1. The van der Waals surface area contributed by atoms with Gasteiger partial charge in [0.1, 0.15) is 0 Å². The zero-order chi connectivity index (χ0) is 10.1. The average Bonchev–Trinajstić information content (AvgIpc) is 2.03. The SMILES string of the molecule is CC1(O)CC[C@@H](CO)N(C(=O)O)C1. The fourth-order valence-corrected chi connectivity index (χ4v) is 1.62. The molecule has 1 amide bonds. The number of aliphatic hydroxyl groups excluding tert-OH is 1. The molecule has 1 fully saturated rings. The van der Waals surface area contributed by atoms with Crippen molar-refractivity contribution in [3.63, 3.8) is 0 Å². The Bertz CT molecular complexity index is 204. The zero-order valence-electron chi connectivity index (χ0n) is 7.60. The van der Waals surface area contributed by atoms with Crippen molar-refractivity contribution in [3.05, 3.63) is 0 Å². The lowest BCUT2D eigenvalue weighted by atomic mass is 9.91. The number of hydrogen-bond donors (Lipinski definition) is 3. The van der Waals surface area contributed by atoms with Gasteiger partial charge in [0.15, 0.2) is 0 Å². The van der Waals surface area contributed by atoms with Crippen LogP contribution in [0.3, 0.4) is 0 Å². The molecule has 1 heterocycles. The molecule has 0 aromatic rings. The van der Waals surface area contributed by atoms with E-state index in [1.807, 2.05) is 0 Å². The summed E-state index contributed by atoms with van der Waals surface area (Å²) in [5.74, 6) is 0. The fourth-order valence-electron chi connectivity index (χ4n) is 1.62. The first-order chi connectivity index (χ1) is 5.96. The molecule has 1 unspecified atom stereocenters. The number of β-amino-alcohol motifs (C(OH)–C–C–N with tert-alkyl or cyclic N) is 1. The molecule has 0 aromatic heterocycles. The number of piperidine rings is 1. The Hall–Kier alpha value is -0.810. The van der Waals surface area contributed by atoms with Crippen molar-refractivity contribution in [1.29, 1.82) is 0 Å². The van der Waals surface area contributed by atoms with Crippen LogP contribution in [0.4, 0.5) is 4.79 Å². The van der Waals surface area contributed by atoms with Crippen LogP contribution in [0, 0.1) is 0 Å². The largest absolute Gasteiger partial charge is 0.465 e. The van der Waals surface area contributed by atoms with E-state index < -0.39 is 11.7 Å². The Labute approximate surface area is 76.6 Å². The quantitative estimate of drug-likeness (QED) is 0.537. The maximum Gasteiger partial charge on any atom is 0.407 e. The number of nitrogens with zero attached hydrogens (tertiary/aromatic N) is 1. The van der Waals surface area contributed by atoms with Crippen molar-refractivity contribution < 1.29 is 20.1 Å². The maximum absolute atomic E-state index is 10.7. The monoisotopic (exact) mass is 189 g/mol. The third-order valence-electron chi connectivity index (χ3n) is 2.42. The van der Waals surface area contributed by atoms with Crippen LogP contribution in [0.5, 0.6) is 0 Å². The molecule has 76 valence electrons. The second kappa shape index (κ2) is 3.51. The summed E-state index contributed by atoms with van der Waals surface area (Å²) in [4.78, 5) is 11.8. The summed E-state index contributed by atoms with van der Waals surface area (Å²) < 4.78 is 0. The molecule has 3 N–H and O–H groups in total. The molecule has 1 rings (SSSR count). The molecule has 5 heteroatoms. The molecule has 0 saturated carbocycles. The molecule has 0 aromatic carbocycles. The van der Waals surface area contributed by atoms with E-state index in [0.29, 0.717) is 12.8 Å². The van der Waals surface area contributed by atoms with Gasteiger partial charge in [-0.05, 0) is 19.8 Å². The van der Waals surface area contributed by atoms with E-state index in [1.165, 1.54) is 0 Å². The van der Waals surface area contributed by atoms with Crippen molar-refractivity contribution in [3.8, 4) is 0 Å². The molecule has 1 saturated heterocycles. The Morgan fingerprint density at radius 3 is 2.77 bits per heavy atom. The normalized spacial score (nSPS) is 34.7. The van der Waals surface area contributed by atoms with Gasteiger partial charge in [0.2, 0.25) is 0 Å². The van der Waals surface area contributed by atoms with Crippen LogP contribution in [0.15, 0.2) is 0 Å². The van der Waals surface area contributed by atoms with Crippen LogP contribution < -0.4 is 0 Å². The predicted octanol–water partition coefficient (Wildman–Crippen LogP) is -0.128. The van der Waals surface area contributed by atoms with Crippen LogP contribution in [-0.4, -0.2) is 51.1 Å². The summed E-state index contributed by atoms with van der Waals surface area (Å²) in [6.45, 7) is 1.51. The van der Waals surface area contributed by atoms with E-state index in [2.05, 4.69) is 0 Å². The number of aliphatic hydroxyl groups is 2. The Kier molecular flexibility index (Phi) is 2.77. The second-order valence-corrected chi connectivity index (χ2v) is 3.78. The third kappa shape index (κ3) is 2.32. The average molecular weight is 189 g/mol. The summed E-state index contributed by atoms with van der Waals surface area (Å²) in [5.41, 5.74) is -0.954. The second-order valence-electron chi connectivity index (χ2n) is 3.78. The van der Waals surface area contributed by atoms with E-state index in [9.17, 15) is 9.90 Å². The summed E-state index contributed by atoms with van der Waals surface area (Å²) in [6.07, 6.45) is -0.0447. The van der Waals surface area contributed by atoms with Crippen LogP contribution >= 0.6 is 0 Å². The van der Waals surface area contributed by atoms with Crippen LogP contribution in [0.25, 0.3) is 0 Å². The molecule has 0 radical (unpaired) electrons. The van der Waals surface area contributed by atoms with Gasteiger partial charge in [-0.15, -0.1) is 0 Å². The highest BCUT2D eigenvalue weighted by molar-refractivity contribution is 5.65. The molecule has 0 aliphatic carbocycles. The molecule has 5 nitrogen and oxygen atoms in total. The van der Waals surface area contributed by atoms with Gasteiger partial charge in [-0.2, -0.15) is 0 Å². The van der Waals surface area contributed by atoms with E-state index >= 15 is 0 Å². The first kappa shape index (κ1) is 10.3. The van der Waals surface area contributed by atoms with Gasteiger partial charge in [0, 0.05) is 0 Å². The fraction of sp³-hybridized carbons (Fsp3) is 0.875. The van der Waals surface area contributed by atoms with E-state index in [1.54, 1.807) is 6.92 Å². The van der Waals surface area contributed by atoms with Crippen molar-refractivity contribution in [2.24, 2.45) is 0 Å². The molecule has 13 heavy (non-hydrogen) atoms. The highest BCUT2D eigenvalue weighted by Crippen LogP contribution is 2.24. The maximum atomic E-state index is 10.7. The molecule has 1 aliphatic rings. The number of hydrogen-bond acceptors (Lipinski definition) is 3. The Morgan fingerprint density at radius 1 is 1.69 bits per heavy atom. The van der Waals surface area contributed by atoms with Gasteiger partial charge in [-0.3, -0.25) is 0 Å². The Balaban J connectivity index is 2.69.